The van der Waals surface area contributed by atoms with Crippen LogP contribution in [0.15, 0.2) is 11.4 Å². The number of nitrogens with two attached hydrogens (primary N) is 1. The Balaban J connectivity index is 2.31. The van der Waals surface area contributed by atoms with Crippen LogP contribution in [0, 0.1) is 17.3 Å². The number of primary amides is 1. The Hall–Kier alpha value is -1.60. The van der Waals surface area contributed by atoms with E-state index < -0.39 is 5.41 Å². The topological polar surface area (TPSA) is 60.2 Å². The van der Waals surface area contributed by atoms with Gasteiger partial charge in [0.15, 0.2) is 0 Å². The Bertz CT molecular complexity index is 615. The Morgan fingerprint density at radius 1 is 1.33 bits per heavy atom. The molecule has 1 aliphatic carbocycles. The number of carbonyl (C=O) groups is 2. The van der Waals surface area contributed by atoms with Gasteiger partial charge in [-0.15, -0.1) is 11.3 Å². The molecule has 2 rings (SSSR count). The van der Waals surface area contributed by atoms with E-state index in [4.69, 9.17) is 5.73 Å². The molecule has 0 saturated heterocycles. The molecule has 1 fully saturated rings. The van der Waals surface area contributed by atoms with Crippen LogP contribution >= 0.6 is 11.3 Å². The van der Waals surface area contributed by atoms with Crippen molar-refractivity contribution in [3.05, 3.63) is 21.9 Å². The summed E-state index contributed by atoms with van der Waals surface area (Å²) in [5, 5.41) is 1.97. The number of ketones is 1. The van der Waals surface area contributed by atoms with Gasteiger partial charge >= 0.3 is 0 Å². The maximum absolute atomic E-state index is 12.0. The van der Waals surface area contributed by atoms with E-state index >= 15 is 0 Å². The molecule has 0 atom stereocenters. The molecule has 0 aliphatic heterocycles. The van der Waals surface area contributed by atoms with Crippen molar-refractivity contribution >= 4 is 23.0 Å². The predicted molar refractivity (Wildman–Crippen MR) is 85.0 cm³/mol. The molecule has 1 aromatic heterocycles. The molecule has 2 N–H and O–H groups in total. The van der Waals surface area contributed by atoms with E-state index in [9.17, 15) is 9.59 Å². The first-order valence-corrected chi connectivity index (χ1v) is 8.05. The Morgan fingerprint density at radius 2 is 1.95 bits per heavy atom. The van der Waals surface area contributed by atoms with Crippen LogP contribution in [0.4, 0.5) is 0 Å². The highest BCUT2D eigenvalue weighted by atomic mass is 32.1. The molecule has 0 spiro atoms. The average Bonchev–Trinajstić information content (AvgIpc) is 2.86. The fourth-order valence-electron chi connectivity index (χ4n) is 2.53. The van der Waals surface area contributed by atoms with E-state index in [1.807, 2.05) is 11.4 Å². The fourth-order valence-corrected chi connectivity index (χ4v) is 3.39. The van der Waals surface area contributed by atoms with Crippen molar-refractivity contribution in [2.75, 3.05) is 0 Å². The molecule has 0 radical (unpaired) electrons. The van der Waals surface area contributed by atoms with Crippen LogP contribution in [0.3, 0.4) is 0 Å². The van der Waals surface area contributed by atoms with Gasteiger partial charge in [-0.2, -0.15) is 0 Å². The van der Waals surface area contributed by atoms with Crippen LogP contribution < -0.4 is 5.73 Å². The average molecular weight is 303 g/mol. The van der Waals surface area contributed by atoms with Crippen LogP contribution in [0.25, 0.3) is 0 Å². The Morgan fingerprint density at radius 3 is 2.48 bits per heavy atom. The van der Waals surface area contributed by atoms with E-state index in [0.717, 1.165) is 10.4 Å². The predicted octanol–water partition coefficient (Wildman–Crippen LogP) is 3.01. The minimum Gasteiger partial charge on any atom is -0.369 e. The quantitative estimate of drug-likeness (QED) is 0.854. The van der Waals surface area contributed by atoms with Gasteiger partial charge in [0.05, 0.1) is 10.3 Å². The first kappa shape index (κ1) is 15.8. The van der Waals surface area contributed by atoms with Gasteiger partial charge in [0.1, 0.15) is 5.78 Å². The fraction of sp³-hybridized carbons (Fsp3) is 0.529. The number of carbonyl (C=O) groups excluding carboxylic acids is 2. The number of hydrogen-bond donors (Lipinski definition) is 1. The first-order chi connectivity index (χ1) is 9.73. The van der Waals surface area contributed by atoms with Gasteiger partial charge in [-0.25, -0.2) is 0 Å². The molecular weight excluding hydrogens is 282 g/mol. The Labute approximate surface area is 129 Å². The van der Waals surface area contributed by atoms with E-state index in [1.54, 1.807) is 0 Å². The largest absolute Gasteiger partial charge is 0.369 e. The summed E-state index contributed by atoms with van der Waals surface area (Å²) in [7, 11) is 0. The molecule has 21 heavy (non-hydrogen) atoms. The number of Topliss-reactive ketones (excluding diaryl/α,β-unsaturated/α-hetero) is 1. The summed E-state index contributed by atoms with van der Waals surface area (Å²) in [6.45, 7) is 6.19. The highest BCUT2D eigenvalue weighted by Gasteiger charge is 2.42. The van der Waals surface area contributed by atoms with Gasteiger partial charge in [-0.3, -0.25) is 9.59 Å². The van der Waals surface area contributed by atoms with Crippen molar-refractivity contribution in [1.82, 2.24) is 0 Å². The van der Waals surface area contributed by atoms with E-state index in [2.05, 4.69) is 32.6 Å². The molecule has 1 amide bonds. The van der Waals surface area contributed by atoms with Crippen molar-refractivity contribution in [2.24, 2.45) is 11.1 Å². The molecule has 1 saturated carbocycles. The van der Waals surface area contributed by atoms with E-state index in [1.165, 1.54) is 11.3 Å². The lowest BCUT2D eigenvalue weighted by atomic mass is 9.69. The van der Waals surface area contributed by atoms with Gasteiger partial charge in [0, 0.05) is 18.3 Å². The third-order valence-electron chi connectivity index (χ3n) is 3.85. The number of amides is 1. The summed E-state index contributed by atoms with van der Waals surface area (Å²) in [4.78, 5) is 24.4. The standard InChI is InChI=1S/C17H21NO2S/c1-16(2,3)7-6-14-10-12(11-21-14)17(15(18)20)8-4-13(19)5-9-17/h10-11H,4-5,8-9H2,1-3H3,(H2,18,20). The third-order valence-corrected chi connectivity index (χ3v) is 4.69. The molecule has 1 aliphatic rings. The molecule has 112 valence electrons. The van der Waals surface area contributed by atoms with Gasteiger partial charge in [0.2, 0.25) is 5.91 Å². The molecule has 1 aromatic rings. The zero-order valence-corrected chi connectivity index (χ0v) is 13.6. The van der Waals surface area contributed by atoms with Gasteiger partial charge in [-0.05, 0) is 50.6 Å². The second kappa shape index (κ2) is 5.65. The highest BCUT2D eigenvalue weighted by Crippen LogP contribution is 2.40. The summed E-state index contributed by atoms with van der Waals surface area (Å²) in [5.74, 6) is 6.24. The second-order valence-electron chi connectivity index (χ2n) is 6.68. The van der Waals surface area contributed by atoms with Crippen molar-refractivity contribution < 1.29 is 9.59 Å². The number of thiophene rings is 1. The van der Waals surface area contributed by atoms with Gasteiger partial charge < -0.3 is 5.73 Å². The third kappa shape index (κ3) is 3.54. The van der Waals surface area contributed by atoms with E-state index in [0.29, 0.717) is 25.7 Å². The zero-order valence-electron chi connectivity index (χ0n) is 12.8. The first-order valence-electron chi connectivity index (χ1n) is 7.17. The maximum atomic E-state index is 12.0. The van der Waals surface area contributed by atoms with Crippen LogP contribution in [0.1, 0.15) is 56.9 Å². The maximum Gasteiger partial charge on any atom is 0.228 e. The minimum absolute atomic E-state index is 0.0528. The summed E-state index contributed by atoms with van der Waals surface area (Å²) < 4.78 is 0. The SMILES string of the molecule is CC(C)(C)C#Cc1cc(C2(C(N)=O)CCC(=O)CC2)cs1. The summed E-state index contributed by atoms with van der Waals surface area (Å²) in [6, 6.07) is 1.96. The van der Waals surface area contributed by atoms with Crippen LogP contribution in [0.5, 0.6) is 0 Å². The van der Waals surface area contributed by atoms with Crippen LogP contribution in [-0.4, -0.2) is 11.7 Å². The number of hydrogen-bond acceptors (Lipinski definition) is 3. The molecule has 0 aromatic carbocycles. The second-order valence-corrected chi connectivity index (χ2v) is 7.60. The van der Waals surface area contributed by atoms with Crippen LogP contribution in [0.2, 0.25) is 0 Å². The molecular formula is C17H21NO2S. The molecule has 4 heteroatoms. The number of rotatable bonds is 2. The van der Waals surface area contributed by atoms with Crippen molar-refractivity contribution in [2.45, 2.75) is 51.9 Å². The summed E-state index contributed by atoms with van der Waals surface area (Å²) >= 11 is 1.53. The van der Waals surface area contributed by atoms with Crippen LogP contribution in [-0.2, 0) is 15.0 Å². The van der Waals surface area contributed by atoms with E-state index in [-0.39, 0.29) is 17.1 Å². The van der Waals surface area contributed by atoms with Gasteiger partial charge in [0.25, 0.3) is 0 Å². The Kier molecular flexibility index (Phi) is 4.25. The van der Waals surface area contributed by atoms with Crippen molar-refractivity contribution in [1.29, 1.82) is 0 Å². The zero-order chi connectivity index (χ0) is 15.7. The molecule has 0 bridgehead atoms. The van der Waals surface area contributed by atoms with Crippen molar-refractivity contribution in [3.8, 4) is 11.8 Å². The summed E-state index contributed by atoms with van der Waals surface area (Å²) in [5.41, 5.74) is 5.83. The molecule has 0 unspecified atom stereocenters. The van der Waals surface area contributed by atoms with Crippen molar-refractivity contribution in [3.63, 3.8) is 0 Å². The van der Waals surface area contributed by atoms with Gasteiger partial charge in [-0.1, -0.05) is 11.8 Å². The molecule has 1 heterocycles. The monoisotopic (exact) mass is 303 g/mol. The lowest BCUT2D eigenvalue weighted by Gasteiger charge is -2.33. The summed E-state index contributed by atoms with van der Waals surface area (Å²) in [6.07, 6.45) is 1.90. The highest BCUT2D eigenvalue weighted by molar-refractivity contribution is 7.10. The normalized spacial score (nSPS) is 18.0. The lowest BCUT2D eigenvalue weighted by molar-refractivity contribution is -0.128. The lowest BCUT2D eigenvalue weighted by Crippen LogP contribution is -2.44. The molecule has 3 nitrogen and oxygen atoms in total. The minimum atomic E-state index is -0.688. The smallest absolute Gasteiger partial charge is 0.228 e.